The van der Waals surface area contributed by atoms with Gasteiger partial charge < -0.3 is 15.0 Å². The topological polar surface area (TPSA) is 67.3 Å². The average molecular weight is 332 g/mol. The number of hydrogen-bond acceptors (Lipinski definition) is 5. The Hall–Kier alpha value is -1.69. The summed E-state index contributed by atoms with van der Waals surface area (Å²) in [7, 11) is 0. The van der Waals surface area contributed by atoms with Gasteiger partial charge >= 0.3 is 6.09 Å². The van der Waals surface area contributed by atoms with Crippen LogP contribution in [0.3, 0.4) is 0 Å². The summed E-state index contributed by atoms with van der Waals surface area (Å²) in [6.45, 7) is 7.28. The van der Waals surface area contributed by atoms with Gasteiger partial charge in [0.2, 0.25) is 0 Å². The van der Waals surface area contributed by atoms with Crippen LogP contribution < -0.4 is 5.32 Å². The van der Waals surface area contributed by atoms with E-state index in [1.807, 2.05) is 31.7 Å². The molecule has 1 aliphatic carbocycles. The largest absolute Gasteiger partial charge is 0.444 e. The van der Waals surface area contributed by atoms with Crippen LogP contribution in [0.4, 0.5) is 4.79 Å². The lowest BCUT2D eigenvalue weighted by molar-refractivity contribution is -0.0494. The van der Waals surface area contributed by atoms with Crippen molar-refractivity contribution in [3.63, 3.8) is 0 Å². The van der Waals surface area contributed by atoms with Crippen molar-refractivity contribution in [1.29, 1.82) is 0 Å². The van der Waals surface area contributed by atoms with Gasteiger partial charge in [0.15, 0.2) is 0 Å². The molecule has 132 valence electrons. The highest BCUT2D eigenvalue weighted by atomic mass is 16.6. The smallest absolute Gasteiger partial charge is 0.410 e. The molecule has 3 rings (SSSR count). The molecular weight excluding hydrogens is 304 g/mol. The molecule has 1 amide bonds. The summed E-state index contributed by atoms with van der Waals surface area (Å²) >= 11 is 0. The van der Waals surface area contributed by atoms with Crippen molar-refractivity contribution in [2.75, 3.05) is 6.54 Å². The molecule has 2 fully saturated rings. The van der Waals surface area contributed by atoms with Crippen molar-refractivity contribution < 1.29 is 9.53 Å². The second-order valence-electron chi connectivity index (χ2n) is 7.98. The molecule has 1 spiro atoms. The van der Waals surface area contributed by atoms with Gasteiger partial charge in [0.1, 0.15) is 11.9 Å². The Kier molecular flexibility index (Phi) is 4.76. The van der Waals surface area contributed by atoms with E-state index in [0.717, 1.165) is 44.5 Å². The van der Waals surface area contributed by atoms with Gasteiger partial charge in [0.25, 0.3) is 0 Å². The van der Waals surface area contributed by atoms with Gasteiger partial charge in [-0.2, -0.15) is 0 Å². The molecule has 6 heteroatoms. The first-order valence-electron chi connectivity index (χ1n) is 8.87. The summed E-state index contributed by atoms with van der Waals surface area (Å²) in [6, 6.07) is 2.35. The minimum absolute atomic E-state index is 0.01000. The Morgan fingerprint density at radius 1 is 1.46 bits per heavy atom. The van der Waals surface area contributed by atoms with E-state index in [0.29, 0.717) is 6.04 Å². The highest BCUT2D eigenvalue weighted by molar-refractivity contribution is 5.69. The summed E-state index contributed by atoms with van der Waals surface area (Å²) in [4.78, 5) is 22.8. The van der Waals surface area contributed by atoms with Crippen molar-refractivity contribution in [2.45, 2.75) is 76.6 Å². The molecule has 1 atom stereocenters. The lowest BCUT2D eigenvalue weighted by atomic mass is 9.69. The number of hydrogen-bond donors (Lipinski definition) is 1. The molecule has 1 aromatic heterocycles. The summed E-state index contributed by atoms with van der Waals surface area (Å²) in [5, 5.41) is 3.60. The molecule has 1 aromatic rings. The number of nitrogens with one attached hydrogen (secondary N) is 1. The van der Waals surface area contributed by atoms with E-state index >= 15 is 0 Å². The predicted molar refractivity (Wildman–Crippen MR) is 91.4 cm³/mol. The van der Waals surface area contributed by atoms with E-state index in [1.54, 1.807) is 12.5 Å². The number of ether oxygens (including phenoxy) is 1. The van der Waals surface area contributed by atoms with Crippen LogP contribution in [0.15, 0.2) is 18.6 Å². The fraction of sp³-hybridized carbons (Fsp3) is 0.722. The molecule has 24 heavy (non-hydrogen) atoms. The maximum absolute atomic E-state index is 12.6. The molecule has 0 bridgehead atoms. The molecule has 1 N–H and O–H groups in total. The number of nitrogens with zero attached hydrogens (tertiary/aromatic N) is 3. The van der Waals surface area contributed by atoms with Crippen LogP contribution in [-0.4, -0.2) is 44.7 Å². The van der Waals surface area contributed by atoms with Crippen LogP contribution in [0.2, 0.25) is 0 Å². The van der Waals surface area contributed by atoms with Gasteiger partial charge in [0.05, 0.1) is 5.69 Å². The summed E-state index contributed by atoms with van der Waals surface area (Å²) < 4.78 is 5.62. The second kappa shape index (κ2) is 6.67. The molecule has 2 heterocycles. The minimum atomic E-state index is -0.440. The number of rotatable bonds is 3. The van der Waals surface area contributed by atoms with Gasteiger partial charge in [0, 0.05) is 30.9 Å². The zero-order valence-corrected chi connectivity index (χ0v) is 14.9. The second-order valence-corrected chi connectivity index (χ2v) is 7.98. The molecule has 1 aliphatic heterocycles. The van der Waals surface area contributed by atoms with Crippen LogP contribution in [0.5, 0.6) is 0 Å². The monoisotopic (exact) mass is 332 g/mol. The lowest BCUT2D eigenvalue weighted by Crippen LogP contribution is -2.63. The van der Waals surface area contributed by atoms with Crippen LogP contribution in [-0.2, 0) is 11.3 Å². The zero-order valence-electron chi connectivity index (χ0n) is 14.9. The molecule has 6 nitrogen and oxygen atoms in total. The fourth-order valence-corrected chi connectivity index (χ4v) is 3.70. The first kappa shape index (κ1) is 17.1. The van der Waals surface area contributed by atoms with Gasteiger partial charge in [-0.05, 0) is 58.9 Å². The molecule has 1 saturated heterocycles. The van der Waals surface area contributed by atoms with E-state index in [9.17, 15) is 4.79 Å². The predicted octanol–water partition coefficient (Wildman–Crippen LogP) is 2.89. The highest BCUT2D eigenvalue weighted by Gasteiger charge is 2.49. The minimum Gasteiger partial charge on any atom is -0.444 e. The van der Waals surface area contributed by atoms with E-state index in [1.165, 1.54) is 6.42 Å². The summed E-state index contributed by atoms with van der Waals surface area (Å²) in [5.41, 5.74) is 0.552. The highest BCUT2D eigenvalue weighted by Crippen LogP contribution is 2.45. The standard InChI is InChI=1S/C18H28N4O2/c1-17(2,3)24-16(23)22-10-6-14(11-18(22)7-4-8-18)20-12-15-5-9-19-13-21-15/h5,9,13-14,20H,4,6-8,10-12H2,1-3H3. The van der Waals surface area contributed by atoms with Crippen LogP contribution in [0.1, 0.15) is 58.6 Å². The van der Waals surface area contributed by atoms with Crippen molar-refractivity contribution in [2.24, 2.45) is 0 Å². The van der Waals surface area contributed by atoms with Gasteiger partial charge in [-0.15, -0.1) is 0 Å². The molecular formula is C18H28N4O2. The summed E-state index contributed by atoms with van der Waals surface area (Å²) in [5.74, 6) is 0. The SMILES string of the molecule is CC(C)(C)OC(=O)N1CCC(NCc2ccncn2)CC12CCC2. The van der Waals surface area contributed by atoms with Gasteiger partial charge in [-0.3, -0.25) is 0 Å². The molecule has 0 aromatic carbocycles. The molecule has 2 aliphatic rings. The number of carbonyl (C=O) groups is 1. The van der Waals surface area contributed by atoms with E-state index < -0.39 is 5.60 Å². The fourth-order valence-electron chi connectivity index (χ4n) is 3.70. The Morgan fingerprint density at radius 3 is 2.83 bits per heavy atom. The van der Waals surface area contributed by atoms with Crippen molar-refractivity contribution in [1.82, 2.24) is 20.2 Å². The third-order valence-electron chi connectivity index (χ3n) is 5.01. The maximum Gasteiger partial charge on any atom is 0.410 e. The first-order valence-corrected chi connectivity index (χ1v) is 8.87. The normalized spacial score (nSPS) is 23.0. The summed E-state index contributed by atoms with van der Waals surface area (Å²) in [6.07, 6.45) is 8.49. The van der Waals surface area contributed by atoms with Gasteiger partial charge in [-0.1, -0.05) is 0 Å². The Balaban J connectivity index is 1.59. The van der Waals surface area contributed by atoms with E-state index in [4.69, 9.17) is 4.74 Å². The van der Waals surface area contributed by atoms with E-state index in [-0.39, 0.29) is 11.6 Å². The van der Waals surface area contributed by atoms with Gasteiger partial charge in [-0.25, -0.2) is 14.8 Å². The number of carbonyl (C=O) groups excluding carboxylic acids is 1. The number of piperidine rings is 1. The van der Waals surface area contributed by atoms with Crippen molar-refractivity contribution in [3.8, 4) is 0 Å². The molecule has 1 unspecified atom stereocenters. The Morgan fingerprint density at radius 2 is 2.25 bits per heavy atom. The Labute approximate surface area is 144 Å². The number of likely N-dealkylation sites (tertiary alicyclic amines) is 1. The van der Waals surface area contributed by atoms with E-state index in [2.05, 4.69) is 15.3 Å². The third kappa shape index (κ3) is 3.86. The van der Waals surface area contributed by atoms with Crippen molar-refractivity contribution >= 4 is 6.09 Å². The molecule has 0 radical (unpaired) electrons. The third-order valence-corrected chi connectivity index (χ3v) is 5.01. The van der Waals surface area contributed by atoms with Crippen LogP contribution in [0.25, 0.3) is 0 Å². The average Bonchev–Trinajstić information content (AvgIpc) is 2.50. The first-order chi connectivity index (χ1) is 11.4. The maximum atomic E-state index is 12.6. The quantitative estimate of drug-likeness (QED) is 0.922. The Bertz CT molecular complexity index is 566. The lowest BCUT2D eigenvalue weighted by Gasteiger charge is -2.54. The zero-order chi connectivity index (χ0) is 17.2. The number of amides is 1. The number of aromatic nitrogens is 2. The van der Waals surface area contributed by atoms with Crippen molar-refractivity contribution in [3.05, 3.63) is 24.3 Å². The van der Waals surface area contributed by atoms with Crippen LogP contribution in [0, 0.1) is 0 Å². The van der Waals surface area contributed by atoms with Crippen LogP contribution >= 0.6 is 0 Å². The molecule has 1 saturated carbocycles.